The molecule has 3 N–H and O–H groups in total. The predicted octanol–water partition coefficient (Wildman–Crippen LogP) is 3.05. The van der Waals surface area contributed by atoms with E-state index in [0.29, 0.717) is 0 Å². The van der Waals surface area contributed by atoms with Crippen LogP contribution in [0.1, 0.15) is 6.92 Å². The zero-order valence-corrected chi connectivity index (χ0v) is 17.3. The molecule has 0 bridgehead atoms. The molecule has 2 aromatic carbocycles. The van der Waals surface area contributed by atoms with Crippen LogP contribution in [0.5, 0.6) is 5.75 Å². The molecule has 0 unspecified atom stereocenters. The summed E-state index contributed by atoms with van der Waals surface area (Å²) in [6, 6.07) is 5.84. The number of anilines is 2. The third-order valence-corrected chi connectivity index (χ3v) is 7.01. The van der Waals surface area contributed by atoms with Gasteiger partial charge in [-0.3, -0.25) is 8.86 Å². The van der Waals surface area contributed by atoms with E-state index in [0.717, 1.165) is 16.4 Å². The number of nitrogen functional groups attached to an aromatic ring is 1. The summed E-state index contributed by atoms with van der Waals surface area (Å²) in [5.41, 5.74) is 5.66. The number of ether oxygens (including phenoxy) is 1. The van der Waals surface area contributed by atoms with Gasteiger partial charge in [-0.15, -0.1) is 0 Å². The Morgan fingerprint density at radius 2 is 1.70 bits per heavy atom. The molecule has 0 amide bonds. The first-order chi connectivity index (χ1) is 12.4. The van der Waals surface area contributed by atoms with E-state index in [9.17, 15) is 21.4 Å². The van der Waals surface area contributed by atoms with Gasteiger partial charge in [-0.25, -0.2) is 8.42 Å². The van der Waals surface area contributed by atoms with Crippen molar-refractivity contribution in [3.8, 4) is 5.75 Å². The molecule has 0 aromatic heterocycles. The Hall–Kier alpha value is -1.72. The first-order valence-electron chi connectivity index (χ1n) is 7.37. The van der Waals surface area contributed by atoms with E-state index < -0.39 is 25.0 Å². The Labute approximate surface area is 167 Å². The maximum Gasteiger partial charge on any atom is 0.298 e. The molecular weight excluding hydrogens is 439 g/mol. The molecule has 0 heterocycles. The molecule has 12 heteroatoms. The van der Waals surface area contributed by atoms with Crippen molar-refractivity contribution < 1.29 is 26.1 Å². The van der Waals surface area contributed by atoms with Gasteiger partial charge in [0.25, 0.3) is 20.1 Å². The van der Waals surface area contributed by atoms with E-state index in [1.165, 1.54) is 25.2 Å². The van der Waals surface area contributed by atoms with Gasteiger partial charge < -0.3 is 10.5 Å². The summed E-state index contributed by atoms with van der Waals surface area (Å²) in [7, 11) is -7.66. The number of nitrogens with two attached hydrogens (primary N) is 1. The van der Waals surface area contributed by atoms with Crippen molar-refractivity contribution in [1.29, 1.82) is 0 Å². The summed E-state index contributed by atoms with van der Waals surface area (Å²) in [4.78, 5) is -0.876. The molecule has 2 aromatic rings. The SMILES string of the molecule is CCOc1ccc(N(C)S(=O)(=O)c2cc(Cl)c(N)cc2Cl)cc1S(=O)(=O)O. The standard InChI is InChI=1S/C15H16Cl2N2O6S2/c1-3-25-13-5-4-9(6-15(13)27(22,23)24)19(2)26(20,21)14-8-10(16)12(18)7-11(14)17/h4-8H,3,18H2,1-2H3,(H,22,23,24). The van der Waals surface area contributed by atoms with E-state index >= 15 is 0 Å². The second-order valence-corrected chi connectivity index (χ2v) is 9.46. The minimum absolute atomic E-state index is 0.00306. The lowest BCUT2D eigenvalue weighted by atomic mass is 10.3. The third-order valence-electron chi connectivity index (χ3n) is 3.56. The van der Waals surface area contributed by atoms with Crippen LogP contribution in [0.2, 0.25) is 10.0 Å². The summed E-state index contributed by atoms with van der Waals surface area (Å²) in [5.74, 6) is -0.108. The molecular formula is C15H16Cl2N2O6S2. The van der Waals surface area contributed by atoms with Crippen LogP contribution in [0.25, 0.3) is 0 Å². The van der Waals surface area contributed by atoms with Crippen LogP contribution in [0, 0.1) is 0 Å². The van der Waals surface area contributed by atoms with Crippen LogP contribution in [0.4, 0.5) is 11.4 Å². The van der Waals surface area contributed by atoms with Gasteiger partial charge in [0.2, 0.25) is 0 Å². The van der Waals surface area contributed by atoms with Crippen molar-refractivity contribution in [2.45, 2.75) is 16.7 Å². The first-order valence-corrected chi connectivity index (χ1v) is 11.0. The molecule has 0 fully saturated rings. The van der Waals surface area contributed by atoms with E-state index in [2.05, 4.69) is 0 Å². The number of nitrogens with zero attached hydrogens (tertiary/aromatic N) is 1. The zero-order valence-electron chi connectivity index (χ0n) is 14.2. The van der Waals surface area contributed by atoms with Crippen LogP contribution in [0.3, 0.4) is 0 Å². The maximum absolute atomic E-state index is 12.9. The molecule has 0 saturated carbocycles. The molecule has 27 heavy (non-hydrogen) atoms. The Balaban J connectivity index is 2.60. The Kier molecular flexibility index (Phi) is 6.17. The van der Waals surface area contributed by atoms with Gasteiger partial charge in [-0.05, 0) is 37.3 Å². The number of rotatable bonds is 6. The van der Waals surface area contributed by atoms with Crippen molar-refractivity contribution in [2.24, 2.45) is 0 Å². The molecule has 2 rings (SSSR count). The lowest BCUT2D eigenvalue weighted by molar-refractivity contribution is 0.329. The summed E-state index contributed by atoms with van der Waals surface area (Å²) in [6.45, 7) is 1.78. The van der Waals surface area contributed by atoms with Gasteiger partial charge in [0.1, 0.15) is 15.5 Å². The van der Waals surface area contributed by atoms with Gasteiger partial charge >= 0.3 is 0 Å². The van der Waals surface area contributed by atoms with E-state index in [4.69, 9.17) is 33.7 Å². The highest BCUT2D eigenvalue weighted by Crippen LogP contribution is 2.35. The van der Waals surface area contributed by atoms with Crippen LogP contribution >= 0.6 is 23.2 Å². The molecule has 0 aliphatic rings. The van der Waals surface area contributed by atoms with Gasteiger partial charge in [-0.1, -0.05) is 23.2 Å². The number of sulfonamides is 1. The average molecular weight is 455 g/mol. The van der Waals surface area contributed by atoms with E-state index in [1.54, 1.807) is 6.92 Å². The van der Waals surface area contributed by atoms with Gasteiger partial charge in [-0.2, -0.15) is 8.42 Å². The topological polar surface area (TPSA) is 127 Å². The fourth-order valence-corrected chi connectivity index (χ4v) is 4.80. The number of hydrogen-bond donors (Lipinski definition) is 2. The second kappa shape index (κ2) is 7.72. The number of benzene rings is 2. The minimum atomic E-state index is -4.65. The van der Waals surface area contributed by atoms with Crippen molar-refractivity contribution >= 4 is 54.7 Å². The van der Waals surface area contributed by atoms with E-state index in [1.807, 2.05) is 0 Å². The molecule has 0 aliphatic carbocycles. The number of hydrogen-bond acceptors (Lipinski definition) is 6. The summed E-state index contributed by atoms with van der Waals surface area (Å²) < 4.78 is 64.4. The van der Waals surface area contributed by atoms with Crippen LogP contribution in [0.15, 0.2) is 40.1 Å². The van der Waals surface area contributed by atoms with Crippen LogP contribution < -0.4 is 14.8 Å². The zero-order chi connectivity index (χ0) is 20.6. The fraction of sp³-hybridized carbons (Fsp3) is 0.200. The van der Waals surface area contributed by atoms with Gasteiger partial charge in [0.15, 0.2) is 0 Å². The molecule has 0 atom stereocenters. The fourth-order valence-electron chi connectivity index (χ4n) is 2.20. The average Bonchev–Trinajstić information content (AvgIpc) is 2.57. The number of halogens is 2. The molecule has 8 nitrogen and oxygen atoms in total. The Morgan fingerprint density at radius 3 is 2.26 bits per heavy atom. The summed E-state index contributed by atoms with van der Waals surface area (Å²) >= 11 is 11.9. The normalized spacial score (nSPS) is 12.0. The van der Waals surface area contributed by atoms with Crippen molar-refractivity contribution in [3.63, 3.8) is 0 Å². The molecule has 0 saturated heterocycles. The minimum Gasteiger partial charge on any atom is -0.492 e. The van der Waals surface area contributed by atoms with Crippen molar-refractivity contribution in [2.75, 3.05) is 23.7 Å². The second-order valence-electron chi connectivity index (χ2n) is 5.32. The monoisotopic (exact) mass is 454 g/mol. The van der Waals surface area contributed by atoms with Crippen LogP contribution in [-0.4, -0.2) is 35.0 Å². The van der Waals surface area contributed by atoms with E-state index in [-0.39, 0.29) is 38.7 Å². The molecule has 0 radical (unpaired) electrons. The largest absolute Gasteiger partial charge is 0.492 e. The Morgan fingerprint density at radius 1 is 1.07 bits per heavy atom. The molecule has 0 spiro atoms. The van der Waals surface area contributed by atoms with Crippen LogP contribution in [-0.2, 0) is 20.1 Å². The lowest BCUT2D eigenvalue weighted by Gasteiger charge is -2.21. The van der Waals surface area contributed by atoms with Crippen molar-refractivity contribution in [1.82, 2.24) is 0 Å². The highest BCUT2D eigenvalue weighted by molar-refractivity contribution is 7.93. The van der Waals surface area contributed by atoms with Gasteiger partial charge in [0.05, 0.1) is 28.0 Å². The molecule has 0 aliphatic heterocycles. The van der Waals surface area contributed by atoms with Crippen molar-refractivity contribution in [3.05, 3.63) is 40.4 Å². The smallest absolute Gasteiger partial charge is 0.298 e. The third kappa shape index (κ3) is 4.41. The Bertz CT molecular complexity index is 1090. The highest BCUT2D eigenvalue weighted by Gasteiger charge is 2.27. The highest BCUT2D eigenvalue weighted by atomic mass is 35.5. The predicted molar refractivity (Wildman–Crippen MR) is 104 cm³/mol. The molecule has 148 valence electrons. The summed E-state index contributed by atoms with van der Waals surface area (Å²) in [5, 5.41) is -0.151. The summed E-state index contributed by atoms with van der Waals surface area (Å²) in [6.07, 6.45) is 0. The quantitative estimate of drug-likeness (QED) is 0.506. The first kappa shape index (κ1) is 21.6. The maximum atomic E-state index is 12.9. The van der Waals surface area contributed by atoms with Gasteiger partial charge in [0, 0.05) is 7.05 Å². The lowest BCUT2D eigenvalue weighted by Crippen LogP contribution is -2.27.